The molecule has 0 bridgehead atoms. The Balaban J connectivity index is 2.06. The van der Waals surface area contributed by atoms with Gasteiger partial charge in [0.15, 0.2) is 0 Å². The van der Waals surface area contributed by atoms with Gasteiger partial charge in [0.05, 0.1) is 17.3 Å². The van der Waals surface area contributed by atoms with Crippen LogP contribution in [0.1, 0.15) is 16.7 Å². The molecule has 0 unspecified atom stereocenters. The first-order valence-electron chi connectivity index (χ1n) is 5.68. The number of hydrogen-bond acceptors (Lipinski definition) is 2. The van der Waals surface area contributed by atoms with Gasteiger partial charge in [-0.05, 0) is 30.7 Å². The summed E-state index contributed by atoms with van der Waals surface area (Å²) >= 11 is 0. The third-order valence-electron chi connectivity index (χ3n) is 2.70. The van der Waals surface area contributed by atoms with E-state index in [2.05, 4.69) is 5.32 Å². The highest BCUT2D eigenvalue weighted by Gasteiger charge is 2.03. The highest BCUT2D eigenvalue weighted by molar-refractivity contribution is 5.49. The average molecular weight is 240 g/mol. The highest BCUT2D eigenvalue weighted by atomic mass is 19.1. The van der Waals surface area contributed by atoms with Crippen molar-refractivity contribution < 1.29 is 4.39 Å². The van der Waals surface area contributed by atoms with Crippen molar-refractivity contribution in [3.63, 3.8) is 0 Å². The maximum absolute atomic E-state index is 13.6. The summed E-state index contributed by atoms with van der Waals surface area (Å²) in [6.45, 7) is 2.58. The molecule has 0 aliphatic heterocycles. The van der Waals surface area contributed by atoms with Gasteiger partial charge in [-0.2, -0.15) is 5.26 Å². The lowest BCUT2D eigenvalue weighted by atomic mass is 10.1. The third-order valence-corrected chi connectivity index (χ3v) is 2.70. The zero-order valence-corrected chi connectivity index (χ0v) is 10.1. The Labute approximate surface area is 106 Å². The van der Waals surface area contributed by atoms with Crippen LogP contribution in [0.25, 0.3) is 0 Å². The molecule has 0 amide bonds. The molecule has 0 saturated carbocycles. The summed E-state index contributed by atoms with van der Waals surface area (Å²) in [7, 11) is 0. The van der Waals surface area contributed by atoms with Gasteiger partial charge in [0.2, 0.25) is 0 Å². The molecule has 0 radical (unpaired) electrons. The van der Waals surface area contributed by atoms with Gasteiger partial charge >= 0.3 is 0 Å². The minimum absolute atomic E-state index is 0.327. The van der Waals surface area contributed by atoms with Gasteiger partial charge in [0.1, 0.15) is 5.82 Å². The lowest BCUT2D eigenvalue weighted by Gasteiger charge is -2.08. The van der Waals surface area contributed by atoms with Crippen LogP contribution in [0, 0.1) is 24.1 Å². The van der Waals surface area contributed by atoms with Crippen molar-refractivity contribution in [3.8, 4) is 6.07 Å². The molecular weight excluding hydrogens is 227 g/mol. The van der Waals surface area contributed by atoms with Crippen LogP contribution in [0.3, 0.4) is 0 Å². The number of halogens is 1. The molecule has 0 spiro atoms. The topological polar surface area (TPSA) is 35.8 Å². The van der Waals surface area contributed by atoms with Crippen LogP contribution in [0.5, 0.6) is 0 Å². The van der Waals surface area contributed by atoms with Crippen LogP contribution < -0.4 is 5.32 Å². The molecule has 0 aliphatic carbocycles. The maximum atomic E-state index is 13.6. The summed E-state index contributed by atoms with van der Waals surface area (Å²) in [5.74, 6) is -0.402. The summed E-state index contributed by atoms with van der Waals surface area (Å²) < 4.78 is 13.6. The first-order chi connectivity index (χ1) is 8.69. The van der Waals surface area contributed by atoms with Crippen molar-refractivity contribution in [2.75, 3.05) is 5.32 Å². The zero-order chi connectivity index (χ0) is 13.0. The van der Waals surface area contributed by atoms with Gasteiger partial charge in [-0.25, -0.2) is 4.39 Å². The maximum Gasteiger partial charge on any atom is 0.147 e. The van der Waals surface area contributed by atoms with E-state index in [-0.39, 0.29) is 0 Å². The number of rotatable bonds is 3. The van der Waals surface area contributed by atoms with Gasteiger partial charge < -0.3 is 5.32 Å². The molecule has 0 fully saturated rings. The van der Waals surface area contributed by atoms with E-state index in [9.17, 15) is 4.39 Å². The predicted molar refractivity (Wildman–Crippen MR) is 69.6 cm³/mol. The Hall–Kier alpha value is -2.34. The predicted octanol–water partition coefficient (Wildman–Crippen LogP) is 3.62. The van der Waals surface area contributed by atoms with E-state index in [0.717, 1.165) is 5.56 Å². The zero-order valence-electron chi connectivity index (χ0n) is 10.1. The Morgan fingerprint density at radius 3 is 2.50 bits per heavy atom. The number of anilines is 1. The van der Waals surface area contributed by atoms with Crippen molar-refractivity contribution in [3.05, 3.63) is 65.0 Å². The summed E-state index contributed by atoms with van der Waals surface area (Å²) in [6, 6.07) is 14.4. The van der Waals surface area contributed by atoms with E-state index in [0.29, 0.717) is 17.8 Å². The number of benzene rings is 2. The van der Waals surface area contributed by atoms with Crippen molar-refractivity contribution >= 4 is 5.69 Å². The van der Waals surface area contributed by atoms with Crippen LogP contribution in [-0.4, -0.2) is 0 Å². The van der Waals surface area contributed by atoms with Crippen molar-refractivity contribution in [1.82, 2.24) is 0 Å². The molecule has 90 valence electrons. The van der Waals surface area contributed by atoms with E-state index in [4.69, 9.17) is 5.26 Å². The molecule has 2 aromatic rings. The third kappa shape index (κ3) is 2.86. The second-order valence-corrected chi connectivity index (χ2v) is 4.15. The molecule has 18 heavy (non-hydrogen) atoms. The molecule has 0 atom stereocenters. The fourth-order valence-electron chi connectivity index (χ4n) is 1.63. The molecule has 3 heteroatoms. The lowest BCUT2D eigenvalue weighted by Crippen LogP contribution is -2.01. The standard InChI is InChI=1S/C15H13FN2/c1-11-2-4-12(5-3-11)10-18-15-7-6-13(9-17)8-14(15)16/h2-8,18H,10H2,1H3. The van der Waals surface area contributed by atoms with Crippen molar-refractivity contribution in [2.24, 2.45) is 0 Å². The molecule has 1 N–H and O–H groups in total. The fourth-order valence-corrected chi connectivity index (χ4v) is 1.63. The Morgan fingerprint density at radius 2 is 1.89 bits per heavy atom. The van der Waals surface area contributed by atoms with E-state index in [1.165, 1.54) is 11.6 Å². The monoisotopic (exact) mass is 240 g/mol. The minimum atomic E-state index is -0.402. The molecule has 2 aromatic carbocycles. The highest BCUT2D eigenvalue weighted by Crippen LogP contribution is 2.16. The van der Waals surface area contributed by atoms with Crippen LogP contribution in [0.2, 0.25) is 0 Å². The van der Waals surface area contributed by atoms with Crippen LogP contribution in [0.4, 0.5) is 10.1 Å². The quantitative estimate of drug-likeness (QED) is 0.889. The first-order valence-corrected chi connectivity index (χ1v) is 5.68. The average Bonchev–Trinajstić information content (AvgIpc) is 2.39. The first kappa shape index (κ1) is 12.1. The number of hydrogen-bond donors (Lipinski definition) is 1. The normalized spacial score (nSPS) is 9.83. The van der Waals surface area contributed by atoms with Gasteiger partial charge in [0, 0.05) is 6.54 Å². The summed E-state index contributed by atoms with van der Waals surface area (Å²) in [4.78, 5) is 0. The van der Waals surface area contributed by atoms with Gasteiger partial charge in [-0.1, -0.05) is 29.8 Å². The minimum Gasteiger partial charge on any atom is -0.379 e. The molecule has 0 heterocycles. The molecule has 0 aliphatic rings. The smallest absolute Gasteiger partial charge is 0.147 e. The van der Waals surface area contributed by atoms with Crippen LogP contribution >= 0.6 is 0 Å². The van der Waals surface area contributed by atoms with Gasteiger partial charge in [-0.15, -0.1) is 0 Å². The lowest BCUT2D eigenvalue weighted by molar-refractivity contribution is 0.629. The Kier molecular flexibility index (Phi) is 3.59. The fraction of sp³-hybridized carbons (Fsp3) is 0.133. The van der Waals surface area contributed by atoms with Crippen LogP contribution in [0.15, 0.2) is 42.5 Å². The van der Waals surface area contributed by atoms with E-state index in [1.54, 1.807) is 12.1 Å². The Morgan fingerprint density at radius 1 is 1.17 bits per heavy atom. The van der Waals surface area contributed by atoms with Crippen LogP contribution in [-0.2, 0) is 6.54 Å². The summed E-state index contributed by atoms with van der Waals surface area (Å²) in [5, 5.41) is 11.7. The van der Waals surface area contributed by atoms with Gasteiger partial charge in [-0.3, -0.25) is 0 Å². The number of aryl methyl sites for hydroxylation is 1. The SMILES string of the molecule is Cc1ccc(CNc2ccc(C#N)cc2F)cc1. The van der Waals surface area contributed by atoms with Crippen molar-refractivity contribution in [1.29, 1.82) is 5.26 Å². The van der Waals surface area contributed by atoms with E-state index >= 15 is 0 Å². The second kappa shape index (κ2) is 5.33. The summed E-state index contributed by atoms with van der Waals surface area (Å²) in [5.41, 5.74) is 3.02. The number of nitrogens with zero attached hydrogens (tertiary/aromatic N) is 1. The van der Waals surface area contributed by atoms with Gasteiger partial charge in [0.25, 0.3) is 0 Å². The number of nitrogens with one attached hydrogen (secondary N) is 1. The van der Waals surface area contributed by atoms with E-state index < -0.39 is 5.82 Å². The largest absolute Gasteiger partial charge is 0.379 e. The van der Waals surface area contributed by atoms with Crippen molar-refractivity contribution in [2.45, 2.75) is 13.5 Å². The van der Waals surface area contributed by atoms with E-state index in [1.807, 2.05) is 37.3 Å². The second-order valence-electron chi connectivity index (χ2n) is 4.15. The molecular formula is C15H13FN2. The molecule has 2 nitrogen and oxygen atoms in total. The summed E-state index contributed by atoms with van der Waals surface area (Å²) in [6.07, 6.45) is 0. The Bertz CT molecular complexity index is 582. The molecule has 0 aromatic heterocycles. The molecule has 2 rings (SSSR count). The molecule has 0 saturated heterocycles. The number of nitriles is 1.